The summed E-state index contributed by atoms with van der Waals surface area (Å²) in [7, 11) is 0. The molecule has 0 bridgehead atoms. The van der Waals surface area contributed by atoms with Gasteiger partial charge in [-0.05, 0) is 59.7 Å². The molecule has 20 heteroatoms. The van der Waals surface area contributed by atoms with Crippen LogP contribution < -0.4 is 9.47 Å². The van der Waals surface area contributed by atoms with E-state index in [0.717, 1.165) is 0 Å². The SMILES string of the molecule is O=C(O)Cc1c(Cl)n(Cc2cccc(OC(F)(F)F)c2)c2cc(Cl)c(Cl)cc12.O=C(O)Cn1c(Cl)c(Cc2cccc(OC(F)(F)F)c2)c2cc(Cl)c(Cl)cc21. The highest BCUT2D eigenvalue weighted by Crippen LogP contribution is 2.39. The molecular formula is C36H22Cl6F6N2O6. The van der Waals surface area contributed by atoms with E-state index in [1.807, 2.05) is 0 Å². The van der Waals surface area contributed by atoms with E-state index < -0.39 is 31.2 Å². The van der Waals surface area contributed by atoms with Crippen molar-refractivity contribution in [2.75, 3.05) is 0 Å². The Hall–Kier alpha value is -4.18. The largest absolute Gasteiger partial charge is 0.573 e. The van der Waals surface area contributed by atoms with Crippen LogP contribution in [-0.4, -0.2) is 44.0 Å². The van der Waals surface area contributed by atoms with E-state index in [9.17, 15) is 35.9 Å². The minimum Gasteiger partial charge on any atom is -0.481 e. The first-order chi connectivity index (χ1) is 26.1. The summed E-state index contributed by atoms with van der Waals surface area (Å²) in [6.07, 6.45) is -9.83. The van der Waals surface area contributed by atoms with Gasteiger partial charge in [0, 0.05) is 34.9 Å². The molecule has 56 heavy (non-hydrogen) atoms. The second-order valence-electron chi connectivity index (χ2n) is 11.8. The van der Waals surface area contributed by atoms with Crippen LogP contribution in [0.4, 0.5) is 26.3 Å². The van der Waals surface area contributed by atoms with Gasteiger partial charge in [-0.3, -0.25) is 9.59 Å². The molecule has 2 N–H and O–H groups in total. The maximum atomic E-state index is 12.4. The van der Waals surface area contributed by atoms with Crippen LogP contribution in [0.3, 0.4) is 0 Å². The summed E-state index contributed by atoms with van der Waals surface area (Å²) in [5.74, 6) is -2.94. The highest BCUT2D eigenvalue weighted by Gasteiger charge is 2.32. The standard InChI is InChI=1S/2C18H11Cl3F3NO3/c19-13-5-11-12(6-16(26)27)17(21)25(15(11)7-14(13)20)8-9-2-1-3-10(4-9)28-18(22,23)24;19-13-6-11-12(5-9-2-1-3-10(4-9)28-18(22,23)24)17(21)25(8-16(26)27)15(11)7-14(13)20/h1-5,7H,6,8H2,(H,26,27);1-4,6-7H,5,8H2,(H,26,27). The number of nitrogens with zero attached hydrogens (tertiary/aromatic N) is 2. The molecule has 0 aliphatic heterocycles. The Labute approximate surface area is 342 Å². The second kappa shape index (κ2) is 17.1. The highest BCUT2D eigenvalue weighted by molar-refractivity contribution is 6.43. The lowest BCUT2D eigenvalue weighted by atomic mass is 10.0. The lowest BCUT2D eigenvalue weighted by Gasteiger charge is -2.12. The van der Waals surface area contributed by atoms with Crippen LogP contribution in [-0.2, 0) is 35.5 Å². The number of halogens is 12. The number of carboxylic acids is 2. The van der Waals surface area contributed by atoms with E-state index in [1.54, 1.807) is 22.8 Å². The number of carbonyl (C=O) groups is 2. The normalized spacial score (nSPS) is 11.8. The fraction of sp³-hybridized carbons (Fsp3) is 0.167. The van der Waals surface area contributed by atoms with Gasteiger partial charge in [0.2, 0.25) is 0 Å². The van der Waals surface area contributed by atoms with E-state index in [-0.39, 0.29) is 61.3 Å². The summed E-state index contributed by atoms with van der Waals surface area (Å²) in [6.45, 7) is -0.341. The van der Waals surface area contributed by atoms with Crippen molar-refractivity contribution in [2.45, 2.75) is 38.7 Å². The zero-order chi connectivity index (χ0) is 41.3. The molecule has 0 fully saturated rings. The van der Waals surface area contributed by atoms with E-state index in [1.165, 1.54) is 59.2 Å². The topological polar surface area (TPSA) is 103 Å². The van der Waals surface area contributed by atoms with Crippen LogP contribution in [0.25, 0.3) is 21.8 Å². The molecule has 0 unspecified atom stereocenters. The van der Waals surface area contributed by atoms with Crippen molar-refractivity contribution >= 4 is 103 Å². The number of carboxylic acid groups (broad SMARTS) is 2. The molecule has 0 saturated heterocycles. The van der Waals surface area contributed by atoms with Gasteiger partial charge in [0.1, 0.15) is 28.3 Å². The second-order valence-corrected chi connectivity index (χ2v) is 14.2. The molecule has 296 valence electrons. The first-order valence-corrected chi connectivity index (χ1v) is 17.8. The lowest BCUT2D eigenvalue weighted by molar-refractivity contribution is -0.275. The van der Waals surface area contributed by atoms with Crippen LogP contribution in [0.2, 0.25) is 30.4 Å². The van der Waals surface area contributed by atoms with Gasteiger partial charge in [-0.2, -0.15) is 0 Å². The number of aliphatic carboxylic acids is 2. The van der Waals surface area contributed by atoms with Gasteiger partial charge in [0.15, 0.2) is 0 Å². The summed E-state index contributed by atoms with van der Waals surface area (Å²) >= 11 is 37.0. The fourth-order valence-electron chi connectivity index (χ4n) is 5.77. The van der Waals surface area contributed by atoms with E-state index in [2.05, 4.69) is 9.47 Å². The summed E-state index contributed by atoms with van der Waals surface area (Å²) in [5, 5.41) is 20.6. The van der Waals surface area contributed by atoms with Crippen LogP contribution in [0.15, 0.2) is 72.8 Å². The van der Waals surface area contributed by atoms with Crippen molar-refractivity contribution in [3.05, 3.63) is 125 Å². The Bertz CT molecular complexity index is 2300. The Kier molecular flexibility index (Phi) is 13.1. The molecule has 2 aromatic heterocycles. The molecular weight excluding hydrogens is 883 g/mol. The number of rotatable bonds is 10. The van der Waals surface area contributed by atoms with E-state index in [0.29, 0.717) is 44.1 Å². The van der Waals surface area contributed by atoms with Crippen molar-refractivity contribution < 1.29 is 55.6 Å². The van der Waals surface area contributed by atoms with E-state index >= 15 is 0 Å². The lowest BCUT2D eigenvalue weighted by Crippen LogP contribution is -2.17. The first kappa shape index (κ1) is 43.0. The van der Waals surface area contributed by atoms with Gasteiger partial charge in [-0.15, -0.1) is 26.3 Å². The summed E-state index contributed by atoms with van der Waals surface area (Å²) in [5.41, 5.74) is 2.78. The van der Waals surface area contributed by atoms with Crippen LogP contribution in [0.5, 0.6) is 11.5 Å². The molecule has 0 atom stereocenters. The Morgan fingerprint density at radius 1 is 0.589 bits per heavy atom. The molecule has 0 aliphatic carbocycles. The van der Waals surface area contributed by atoms with Crippen molar-refractivity contribution in [2.24, 2.45) is 0 Å². The molecule has 6 aromatic rings. The van der Waals surface area contributed by atoms with Crippen molar-refractivity contribution in [3.63, 3.8) is 0 Å². The van der Waals surface area contributed by atoms with Crippen molar-refractivity contribution in [1.82, 2.24) is 9.13 Å². The summed E-state index contributed by atoms with van der Waals surface area (Å²) in [6, 6.07) is 17.0. The predicted octanol–water partition coefficient (Wildman–Crippen LogP) is 12.4. The number of hydrogen-bond acceptors (Lipinski definition) is 4. The molecule has 8 nitrogen and oxygen atoms in total. The van der Waals surface area contributed by atoms with Gasteiger partial charge in [-0.25, -0.2) is 0 Å². The number of fused-ring (bicyclic) bond motifs is 2. The van der Waals surface area contributed by atoms with Gasteiger partial charge in [-0.1, -0.05) is 93.9 Å². The third-order valence-electron chi connectivity index (χ3n) is 7.89. The zero-order valence-electron chi connectivity index (χ0n) is 27.7. The Morgan fingerprint density at radius 2 is 1.04 bits per heavy atom. The predicted molar refractivity (Wildman–Crippen MR) is 201 cm³/mol. The van der Waals surface area contributed by atoms with Gasteiger partial charge < -0.3 is 28.8 Å². The third-order valence-corrected chi connectivity index (χ3v) is 10.2. The average molecular weight is 905 g/mol. The highest BCUT2D eigenvalue weighted by atomic mass is 35.5. The molecule has 0 saturated carbocycles. The minimum atomic E-state index is -4.81. The van der Waals surface area contributed by atoms with E-state index in [4.69, 9.17) is 79.8 Å². The summed E-state index contributed by atoms with van der Waals surface area (Å²) < 4.78 is 85.5. The van der Waals surface area contributed by atoms with Crippen LogP contribution in [0.1, 0.15) is 22.3 Å². The molecule has 0 amide bonds. The number of ether oxygens (including phenoxy) is 2. The minimum absolute atomic E-state index is 0.0714. The summed E-state index contributed by atoms with van der Waals surface area (Å²) in [4.78, 5) is 22.4. The van der Waals surface area contributed by atoms with Crippen LogP contribution in [0, 0.1) is 0 Å². The Morgan fingerprint density at radius 3 is 1.54 bits per heavy atom. The molecule has 2 heterocycles. The first-order valence-electron chi connectivity index (χ1n) is 15.5. The van der Waals surface area contributed by atoms with Crippen molar-refractivity contribution in [3.8, 4) is 11.5 Å². The fourth-order valence-corrected chi connectivity index (χ4v) is 7.06. The number of aromatic nitrogens is 2. The maximum absolute atomic E-state index is 12.4. The monoisotopic (exact) mass is 902 g/mol. The number of hydrogen-bond donors (Lipinski definition) is 2. The number of benzene rings is 4. The molecule has 4 aromatic carbocycles. The van der Waals surface area contributed by atoms with Gasteiger partial charge >= 0.3 is 24.7 Å². The average Bonchev–Trinajstić information content (AvgIpc) is 3.44. The van der Waals surface area contributed by atoms with Crippen LogP contribution >= 0.6 is 69.6 Å². The smallest absolute Gasteiger partial charge is 0.481 e. The number of alkyl halides is 6. The maximum Gasteiger partial charge on any atom is 0.573 e. The van der Waals surface area contributed by atoms with Gasteiger partial charge in [0.05, 0.1) is 37.5 Å². The molecule has 6 rings (SSSR count). The van der Waals surface area contributed by atoms with Crippen molar-refractivity contribution in [1.29, 1.82) is 0 Å². The Balaban J connectivity index is 0.000000214. The third kappa shape index (κ3) is 10.6. The quantitative estimate of drug-likeness (QED) is 0.133. The molecule has 0 spiro atoms. The molecule has 0 radical (unpaired) electrons. The molecule has 0 aliphatic rings. The van der Waals surface area contributed by atoms with Gasteiger partial charge in [0.25, 0.3) is 0 Å². The zero-order valence-corrected chi connectivity index (χ0v) is 32.2.